The zero-order valence-corrected chi connectivity index (χ0v) is 10.2. The monoisotopic (exact) mass is 253 g/mol. The molecule has 2 atom stereocenters. The molecule has 2 fully saturated rings. The van der Waals surface area contributed by atoms with E-state index in [2.05, 4.69) is 5.32 Å². The van der Waals surface area contributed by atoms with E-state index in [-0.39, 0.29) is 18.0 Å². The van der Waals surface area contributed by atoms with Crippen LogP contribution in [-0.2, 0) is 11.3 Å². The summed E-state index contributed by atoms with van der Waals surface area (Å²) in [5, 5.41) is 3.31. The Morgan fingerprint density at radius 3 is 2.83 bits per heavy atom. The molecule has 2 nitrogen and oxygen atoms in total. The molecule has 18 heavy (non-hydrogen) atoms. The van der Waals surface area contributed by atoms with Gasteiger partial charge in [-0.2, -0.15) is 0 Å². The average molecular weight is 253 g/mol. The Kier molecular flexibility index (Phi) is 3.31. The van der Waals surface area contributed by atoms with Crippen LogP contribution in [0.15, 0.2) is 18.2 Å². The molecule has 1 N–H and O–H groups in total. The Bertz CT molecular complexity index is 434. The summed E-state index contributed by atoms with van der Waals surface area (Å²) in [6.45, 7) is 1.13. The van der Waals surface area contributed by atoms with Crippen molar-refractivity contribution in [3.05, 3.63) is 35.4 Å². The number of benzene rings is 1. The molecular weight excluding hydrogens is 236 g/mol. The van der Waals surface area contributed by atoms with Crippen molar-refractivity contribution in [2.24, 2.45) is 5.92 Å². The molecule has 0 amide bonds. The first-order chi connectivity index (χ1) is 8.74. The predicted molar refractivity (Wildman–Crippen MR) is 64.1 cm³/mol. The number of ether oxygens (including phenoxy) is 1. The molecule has 4 heteroatoms. The van der Waals surface area contributed by atoms with E-state index in [4.69, 9.17) is 4.74 Å². The van der Waals surface area contributed by atoms with Crippen LogP contribution in [0.2, 0.25) is 0 Å². The predicted octanol–water partition coefficient (Wildman–Crippen LogP) is 2.62. The standard InChI is InChI=1S/C14H17F2NO/c15-11-3-4-12(16)10(7-11)8-17-13-5-6-18-14(13)9-1-2-9/h3-4,7,9,13-14,17H,1-2,5-6,8H2. The van der Waals surface area contributed by atoms with Gasteiger partial charge in [-0.05, 0) is 43.4 Å². The quantitative estimate of drug-likeness (QED) is 0.890. The minimum absolute atomic E-state index is 0.265. The molecule has 2 aliphatic rings. The van der Waals surface area contributed by atoms with Crippen molar-refractivity contribution in [2.45, 2.75) is 38.0 Å². The van der Waals surface area contributed by atoms with Crippen molar-refractivity contribution in [3.63, 3.8) is 0 Å². The molecule has 3 rings (SSSR count). The van der Waals surface area contributed by atoms with Crippen molar-refractivity contribution in [1.29, 1.82) is 0 Å². The summed E-state index contributed by atoms with van der Waals surface area (Å²) < 4.78 is 32.2. The summed E-state index contributed by atoms with van der Waals surface area (Å²) >= 11 is 0. The Balaban J connectivity index is 1.61. The van der Waals surface area contributed by atoms with E-state index in [0.29, 0.717) is 18.0 Å². The van der Waals surface area contributed by atoms with E-state index in [0.717, 1.165) is 19.1 Å². The third kappa shape index (κ3) is 2.54. The first-order valence-electron chi connectivity index (χ1n) is 6.53. The first kappa shape index (κ1) is 12.1. The third-order valence-corrected chi connectivity index (χ3v) is 3.78. The maximum atomic E-state index is 13.5. The fourth-order valence-electron chi connectivity index (χ4n) is 2.64. The highest BCUT2D eigenvalue weighted by Crippen LogP contribution is 2.38. The molecule has 1 aliphatic carbocycles. The van der Waals surface area contributed by atoms with Crippen LogP contribution in [0.3, 0.4) is 0 Å². The Morgan fingerprint density at radius 1 is 1.22 bits per heavy atom. The molecule has 1 heterocycles. The van der Waals surface area contributed by atoms with Gasteiger partial charge in [-0.25, -0.2) is 8.78 Å². The maximum absolute atomic E-state index is 13.5. The fraction of sp³-hybridized carbons (Fsp3) is 0.571. The maximum Gasteiger partial charge on any atom is 0.127 e. The van der Waals surface area contributed by atoms with Crippen LogP contribution in [0, 0.1) is 17.6 Å². The first-order valence-corrected chi connectivity index (χ1v) is 6.53. The summed E-state index contributed by atoms with van der Waals surface area (Å²) in [6, 6.07) is 3.85. The van der Waals surface area contributed by atoms with E-state index >= 15 is 0 Å². The van der Waals surface area contributed by atoms with Crippen molar-refractivity contribution in [3.8, 4) is 0 Å². The van der Waals surface area contributed by atoms with E-state index in [9.17, 15) is 8.78 Å². The lowest BCUT2D eigenvalue weighted by atomic mass is 10.1. The molecule has 1 saturated heterocycles. The molecule has 0 radical (unpaired) electrons. The molecular formula is C14H17F2NO. The lowest BCUT2D eigenvalue weighted by molar-refractivity contribution is 0.0808. The minimum Gasteiger partial charge on any atom is -0.376 e. The number of halogens is 2. The van der Waals surface area contributed by atoms with Crippen LogP contribution in [0.5, 0.6) is 0 Å². The molecule has 0 spiro atoms. The summed E-state index contributed by atoms with van der Waals surface area (Å²) in [5.41, 5.74) is 0.386. The Labute approximate surface area is 105 Å². The van der Waals surface area contributed by atoms with Gasteiger partial charge >= 0.3 is 0 Å². The van der Waals surface area contributed by atoms with E-state index in [1.54, 1.807) is 0 Å². The average Bonchev–Trinajstić information content (AvgIpc) is 3.10. The Morgan fingerprint density at radius 2 is 2.06 bits per heavy atom. The molecule has 0 aromatic heterocycles. The van der Waals surface area contributed by atoms with Gasteiger partial charge in [0.2, 0.25) is 0 Å². The van der Waals surface area contributed by atoms with E-state index in [1.165, 1.54) is 25.0 Å². The normalized spacial score (nSPS) is 27.7. The molecule has 98 valence electrons. The second-order valence-electron chi connectivity index (χ2n) is 5.18. The van der Waals surface area contributed by atoms with Crippen LogP contribution >= 0.6 is 0 Å². The molecule has 2 unspecified atom stereocenters. The second kappa shape index (κ2) is 4.94. The number of hydrogen-bond acceptors (Lipinski definition) is 2. The van der Waals surface area contributed by atoms with Gasteiger partial charge in [0.05, 0.1) is 6.10 Å². The number of rotatable bonds is 4. The van der Waals surface area contributed by atoms with Crippen LogP contribution in [0.25, 0.3) is 0 Å². The topological polar surface area (TPSA) is 21.3 Å². The molecule has 1 aromatic rings. The van der Waals surface area contributed by atoms with Gasteiger partial charge in [-0.1, -0.05) is 0 Å². The largest absolute Gasteiger partial charge is 0.376 e. The van der Waals surface area contributed by atoms with Crippen molar-refractivity contribution in [1.82, 2.24) is 5.32 Å². The molecule has 0 bridgehead atoms. The van der Waals surface area contributed by atoms with Gasteiger partial charge < -0.3 is 10.1 Å². The van der Waals surface area contributed by atoms with Gasteiger partial charge in [0, 0.05) is 24.8 Å². The van der Waals surface area contributed by atoms with Gasteiger partial charge in [0.15, 0.2) is 0 Å². The van der Waals surface area contributed by atoms with Gasteiger partial charge in [-0.15, -0.1) is 0 Å². The summed E-state index contributed by atoms with van der Waals surface area (Å²) in [5.74, 6) is -0.0808. The zero-order chi connectivity index (χ0) is 12.5. The highest BCUT2D eigenvalue weighted by Gasteiger charge is 2.40. The van der Waals surface area contributed by atoms with Crippen LogP contribution in [0.1, 0.15) is 24.8 Å². The molecule has 1 aliphatic heterocycles. The smallest absolute Gasteiger partial charge is 0.127 e. The highest BCUT2D eigenvalue weighted by atomic mass is 19.1. The van der Waals surface area contributed by atoms with E-state index in [1.807, 2.05) is 0 Å². The van der Waals surface area contributed by atoms with Crippen molar-refractivity contribution < 1.29 is 13.5 Å². The summed E-state index contributed by atoms with van der Waals surface area (Å²) in [6.07, 6.45) is 3.69. The third-order valence-electron chi connectivity index (χ3n) is 3.78. The SMILES string of the molecule is Fc1ccc(F)c(CNC2CCOC2C2CC2)c1. The molecule has 1 saturated carbocycles. The van der Waals surface area contributed by atoms with Gasteiger partial charge in [0.25, 0.3) is 0 Å². The van der Waals surface area contributed by atoms with Crippen LogP contribution < -0.4 is 5.32 Å². The van der Waals surface area contributed by atoms with Crippen LogP contribution in [-0.4, -0.2) is 18.8 Å². The lowest BCUT2D eigenvalue weighted by Crippen LogP contribution is -2.37. The summed E-state index contributed by atoms with van der Waals surface area (Å²) in [7, 11) is 0. The number of hydrogen-bond donors (Lipinski definition) is 1. The minimum atomic E-state index is -0.394. The number of nitrogens with one attached hydrogen (secondary N) is 1. The van der Waals surface area contributed by atoms with E-state index < -0.39 is 5.82 Å². The lowest BCUT2D eigenvalue weighted by Gasteiger charge is -2.19. The Hall–Kier alpha value is -1.00. The second-order valence-corrected chi connectivity index (χ2v) is 5.18. The summed E-state index contributed by atoms with van der Waals surface area (Å²) in [4.78, 5) is 0. The van der Waals surface area contributed by atoms with Gasteiger partial charge in [-0.3, -0.25) is 0 Å². The van der Waals surface area contributed by atoms with Crippen molar-refractivity contribution in [2.75, 3.05) is 6.61 Å². The highest BCUT2D eigenvalue weighted by molar-refractivity contribution is 5.18. The molecule has 1 aromatic carbocycles. The van der Waals surface area contributed by atoms with Crippen LogP contribution in [0.4, 0.5) is 8.78 Å². The zero-order valence-electron chi connectivity index (χ0n) is 10.2. The van der Waals surface area contributed by atoms with Gasteiger partial charge in [0.1, 0.15) is 11.6 Å². The van der Waals surface area contributed by atoms with Crippen molar-refractivity contribution >= 4 is 0 Å². The fourth-order valence-corrected chi connectivity index (χ4v) is 2.64.